The quantitative estimate of drug-likeness (QED) is 0.884. The van der Waals surface area contributed by atoms with Crippen molar-refractivity contribution >= 4 is 11.6 Å². The molecule has 21 heavy (non-hydrogen) atoms. The van der Waals surface area contributed by atoms with E-state index in [1.165, 1.54) is 18.4 Å². The molecule has 1 N–H and O–H groups in total. The monoisotopic (exact) mass is 282 g/mol. The number of hydrogen-bond donors (Lipinski definition) is 1. The Balaban J connectivity index is 1.71. The fourth-order valence-corrected chi connectivity index (χ4v) is 2.36. The van der Waals surface area contributed by atoms with Gasteiger partial charge in [-0.3, -0.25) is 0 Å². The Bertz CT molecular complexity index is 593. The molecule has 0 amide bonds. The van der Waals surface area contributed by atoms with Gasteiger partial charge in [0.25, 0.3) is 0 Å². The molecule has 1 heterocycles. The van der Waals surface area contributed by atoms with E-state index < -0.39 is 0 Å². The Morgan fingerprint density at radius 2 is 1.95 bits per heavy atom. The van der Waals surface area contributed by atoms with Crippen molar-refractivity contribution in [3.8, 4) is 0 Å². The summed E-state index contributed by atoms with van der Waals surface area (Å²) in [6.45, 7) is 0.953. The highest BCUT2D eigenvalue weighted by molar-refractivity contribution is 5.49. The van der Waals surface area contributed by atoms with Gasteiger partial charge in [0.05, 0.1) is 0 Å². The third-order valence-corrected chi connectivity index (χ3v) is 3.90. The Hall–Kier alpha value is -2.10. The minimum atomic E-state index is 0.569. The molecule has 1 aromatic heterocycles. The van der Waals surface area contributed by atoms with Gasteiger partial charge in [-0.05, 0) is 24.8 Å². The minimum absolute atomic E-state index is 0.569. The lowest BCUT2D eigenvalue weighted by Crippen LogP contribution is -2.22. The third kappa shape index (κ3) is 3.51. The van der Waals surface area contributed by atoms with E-state index in [1.807, 2.05) is 13.1 Å². The SMILES string of the molecule is CNc1cc(N(C)CCc2ccccc2)nc(C2CC2)n1. The van der Waals surface area contributed by atoms with E-state index in [4.69, 9.17) is 4.98 Å². The molecule has 0 atom stereocenters. The first-order valence-electron chi connectivity index (χ1n) is 7.58. The van der Waals surface area contributed by atoms with Crippen LogP contribution in [0.2, 0.25) is 0 Å². The molecule has 2 aromatic rings. The summed E-state index contributed by atoms with van der Waals surface area (Å²) >= 11 is 0. The van der Waals surface area contributed by atoms with Crippen LogP contribution in [0.25, 0.3) is 0 Å². The number of benzene rings is 1. The number of rotatable bonds is 6. The first kappa shape index (κ1) is 13.9. The number of likely N-dealkylation sites (N-methyl/N-ethyl adjacent to an activating group) is 1. The van der Waals surface area contributed by atoms with Gasteiger partial charge in [0.1, 0.15) is 17.5 Å². The van der Waals surface area contributed by atoms with Crippen molar-refractivity contribution in [1.82, 2.24) is 9.97 Å². The van der Waals surface area contributed by atoms with Gasteiger partial charge in [-0.2, -0.15) is 0 Å². The zero-order valence-electron chi connectivity index (χ0n) is 12.7. The van der Waals surface area contributed by atoms with Crippen molar-refractivity contribution in [1.29, 1.82) is 0 Å². The highest BCUT2D eigenvalue weighted by atomic mass is 15.2. The van der Waals surface area contributed by atoms with Crippen LogP contribution < -0.4 is 10.2 Å². The van der Waals surface area contributed by atoms with Gasteiger partial charge >= 0.3 is 0 Å². The number of nitrogens with one attached hydrogen (secondary N) is 1. The number of aromatic nitrogens is 2. The number of anilines is 2. The van der Waals surface area contributed by atoms with Crippen LogP contribution in [0.15, 0.2) is 36.4 Å². The highest BCUT2D eigenvalue weighted by Gasteiger charge is 2.27. The van der Waals surface area contributed by atoms with Crippen molar-refractivity contribution in [2.24, 2.45) is 0 Å². The molecule has 1 aromatic carbocycles. The normalized spacial score (nSPS) is 14.0. The molecule has 0 unspecified atom stereocenters. The van der Waals surface area contributed by atoms with E-state index in [-0.39, 0.29) is 0 Å². The fraction of sp³-hybridized carbons (Fsp3) is 0.412. The summed E-state index contributed by atoms with van der Waals surface area (Å²) in [5.41, 5.74) is 1.36. The molecular formula is C17H22N4. The van der Waals surface area contributed by atoms with Gasteiger partial charge in [-0.1, -0.05) is 30.3 Å². The molecule has 3 rings (SSSR count). The lowest BCUT2D eigenvalue weighted by molar-refractivity contribution is 0.835. The summed E-state index contributed by atoms with van der Waals surface area (Å²) in [6, 6.07) is 12.6. The van der Waals surface area contributed by atoms with Crippen LogP contribution in [0.4, 0.5) is 11.6 Å². The fourth-order valence-electron chi connectivity index (χ4n) is 2.36. The summed E-state index contributed by atoms with van der Waals surface area (Å²) in [5, 5.41) is 3.14. The summed E-state index contributed by atoms with van der Waals surface area (Å²) in [4.78, 5) is 11.5. The second kappa shape index (κ2) is 6.12. The van der Waals surface area contributed by atoms with E-state index >= 15 is 0 Å². The lowest BCUT2D eigenvalue weighted by atomic mass is 10.1. The van der Waals surface area contributed by atoms with Gasteiger partial charge in [-0.15, -0.1) is 0 Å². The van der Waals surface area contributed by atoms with Gasteiger partial charge in [0, 0.05) is 32.6 Å². The molecular weight excluding hydrogens is 260 g/mol. The smallest absolute Gasteiger partial charge is 0.136 e. The first-order chi connectivity index (χ1) is 10.3. The predicted octanol–water partition coefficient (Wildman–Crippen LogP) is 3.07. The molecule has 4 nitrogen and oxygen atoms in total. The summed E-state index contributed by atoms with van der Waals surface area (Å²) in [5.74, 6) is 3.48. The van der Waals surface area contributed by atoms with E-state index in [0.29, 0.717) is 5.92 Å². The average molecular weight is 282 g/mol. The molecule has 0 bridgehead atoms. The largest absolute Gasteiger partial charge is 0.373 e. The highest BCUT2D eigenvalue weighted by Crippen LogP contribution is 2.39. The molecule has 1 aliphatic carbocycles. The average Bonchev–Trinajstić information content (AvgIpc) is 3.38. The van der Waals surface area contributed by atoms with Crippen LogP contribution in [0.1, 0.15) is 30.1 Å². The second-order valence-electron chi connectivity index (χ2n) is 5.65. The Labute approximate surface area is 126 Å². The van der Waals surface area contributed by atoms with E-state index in [1.54, 1.807) is 0 Å². The third-order valence-electron chi connectivity index (χ3n) is 3.90. The van der Waals surface area contributed by atoms with Gasteiger partial charge in [0.15, 0.2) is 0 Å². The summed E-state index contributed by atoms with van der Waals surface area (Å²) in [6.07, 6.45) is 3.47. The van der Waals surface area contributed by atoms with Crippen molar-refractivity contribution in [2.75, 3.05) is 30.9 Å². The molecule has 4 heteroatoms. The van der Waals surface area contributed by atoms with E-state index in [9.17, 15) is 0 Å². The minimum Gasteiger partial charge on any atom is -0.373 e. The lowest BCUT2D eigenvalue weighted by Gasteiger charge is -2.19. The van der Waals surface area contributed by atoms with Crippen LogP contribution in [-0.4, -0.2) is 30.6 Å². The van der Waals surface area contributed by atoms with Gasteiger partial charge in [-0.25, -0.2) is 9.97 Å². The second-order valence-corrected chi connectivity index (χ2v) is 5.65. The number of nitrogens with zero attached hydrogens (tertiary/aromatic N) is 3. The summed E-state index contributed by atoms with van der Waals surface area (Å²) < 4.78 is 0. The van der Waals surface area contributed by atoms with Crippen molar-refractivity contribution in [3.63, 3.8) is 0 Å². The number of hydrogen-bond acceptors (Lipinski definition) is 4. The van der Waals surface area contributed by atoms with Crippen LogP contribution in [0.5, 0.6) is 0 Å². The van der Waals surface area contributed by atoms with Crippen LogP contribution in [-0.2, 0) is 6.42 Å². The molecule has 1 aliphatic rings. The van der Waals surface area contributed by atoms with Gasteiger partial charge < -0.3 is 10.2 Å². The first-order valence-corrected chi connectivity index (χ1v) is 7.58. The van der Waals surface area contributed by atoms with Crippen LogP contribution in [0, 0.1) is 0 Å². The van der Waals surface area contributed by atoms with Crippen LogP contribution >= 0.6 is 0 Å². The maximum atomic E-state index is 4.73. The maximum absolute atomic E-state index is 4.73. The maximum Gasteiger partial charge on any atom is 0.136 e. The summed E-state index contributed by atoms with van der Waals surface area (Å²) in [7, 11) is 4.01. The zero-order chi connectivity index (χ0) is 14.7. The van der Waals surface area contributed by atoms with Gasteiger partial charge in [0.2, 0.25) is 0 Å². The van der Waals surface area contributed by atoms with E-state index in [0.717, 1.165) is 30.4 Å². The molecule has 0 radical (unpaired) electrons. The standard InChI is InChI=1S/C17H22N4/c1-18-15-12-16(20-17(19-15)14-8-9-14)21(2)11-10-13-6-4-3-5-7-13/h3-7,12,14H,8-11H2,1-2H3,(H,18,19,20). The Kier molecular flexibility index (Phi) is 4.04. The van der Waals surface area contributed by atoms with Crippen molar-refractivity contribution < 1.29 is 0 Å². The molecule has 1 fully saturated rings. The van der Waals surface area contributed by atoms with Crippen molar-refractivity contribution in [3.05, 3.63) is 47.8 Å². The molecule has 1 saturated carbocycles. The molecule has 0 saturated heterocycles. The van der Waals surface area contributed by atoms with Crippen LogP contribution in [0.3, 0.4) is 0 Å². The zero-order valence-corrected chi connectivity index (χ0v) is 12.7. The molecule has 110 valence electrons. The predicted molar refractivity (Wildman–Crippen MR) is 87.0 cm³/mol. The molecule has 0 aliphatic heterocycles. The Morgan fingerprint density at radius 3 is 2.62 bits per heavy atom. The van der Waals surface area contributed by atoms with Crippen molar-refractivity contribution in [2.45, 2.75) is 25.2 Å². The topological polar surface area (TPSA) is 41.0 Å². The Morgan fingerprint density at radius 1 is 1.19 bits per heavy atom. The van der Waals surface area contributed by atoms with E-state index in [2.05, 4.69) is 52.6 Å². The molecule has 0 spiro atoms.